The van der Waals surface area contributed by atoms with Crippen molar-refractivity contribution in [3.8, 4) is 44.5 Å². The van der Waals surface area contributed by atoms with Crippen molar-refractivity contribution >= 4 is 110 Å². The van der Waals surface area contributed by atoms with Crippen molar-refractivity contribution in [3.05, 3.63) is 290 Å². The molecule has 0 spiro atoms. The minimum absolute atomic E-state index is 0.148. The van der Waals surface area contributed by atoms with E-state index in [1.165, 1.54) is 21.9 Å². The van der Waals surface area contributed by atoms with Gasteiger partial charge in [-0.25, -0.2) is 0 Å². The highest BCUT2D eigenvalue weighted by Gasteiger charge is 2.30. The summed E-state index contributed by atoms with van der Waals surface area (Å²) >= 11 is 0. The number of fused-ring (bicyclic) bond motifs is 6. The van der Waals surface area contributed by atoms with Gasteiger partial charge in [-0.15, -0.1) is 0 Å². The molecule has 2 heterocycles. The summed E-state index contributed by atoms with van der Waals surface area (Å²) in [6, 6.07) is 102. The van der Waals surface area contributed by atoms with Gasteiger partial charge in [-0.3, -0.25) is 0 Å². The number of hydrogen-bond acceptors (Lipinski definition) is 4. The van der Waals surface area contributed by atoms with Crippen molar-refractivity contribution in [2.24, 2.45) is 0 Å². The molecule has 0 aliphatic heterocycles. The van der Waals surface area contributed by atoms with E-state index in [1.54, 1.807) is 0 Å². The molecule has 0 atom stereocenters. The zero-order valence-corrected chi connectivity index (χ0v) is 50.3. The van der Waals surface area contributed by atoms with Crippen LogP contribution in [0, 0.1) is 0 Å². The van der Waals surface area contributed by atoms with Crippen LogP contribution in [-0.4, -0.2) is 0 Å². The third-order valence-electron chi connectivity index (χ3n) is 18.1. The minimum atomic E-state index is -0.148. The summed E-state index contributed by atoms with van der Waals surface area (Å²) in [7, 11) is 0. The Morgan fingerprint density at radius 1 is 0.239 bits per heavy atom. The maximum atomic E-state index is 7.35. The van der Waals surface area contributed by atoms with Crippen molar-refractivity contribution in [1.82, 2.24) is 0 Å². The highest BCUT2D eigenvalue weighted by Crippen LogP contribution is 2.54. The molecule has 422 valence electrons. The number of rotatable bonds is 10. The van der Waals surface area contributed by atoms with Gasteiger partial charge in [0.2, 0.25) is 0 Å². The van der Waals surface area contributed by atoms with Crippen molar-refractivity contribution < 1.29 is 8.83 Å². The van der Waals surface area contributed by atoms with Crippen LogP contribution < -0.4 is 9.80 Å². The Morgan fingerprint density at radius 2 is 0.568 bits per heavy atom. The zero-order chi connectivity index (χ0) is 59.4. The highest BCUT2D eigenvalue weighted by molar-refractivity contribution is 6.29. The lowest BCUT2D eigenvalue weighted by Crippen LogP contribution is -2.13. The molecule has 0 aliphatic carbocycles. The quantitative estimate of drug-likeness (QED) is 0.128. The van der Waals surface area contributed by atoms with E-state index in [2.05, 4.69) is 330 Å². The van der Waals surface area contributed by atoms with E-state index < -0.39 is 0 Å². The minimum Gasteiger partial charge on any atom is -0.454 e. The number of anilines is 6. The lowest BCUT2D eigenvalue weighted by molar-refractivity contribution is 0.572. The predicted octanol–water partition coefficient (Wildman–Crippen LogP) is 24.6. The van der Waals surface area contributed by atoms with Crippen LogP contribution in [0.3, 0.4) is 0 Å². The van der Waals surface area contributed by atoms with Gasteiger partial charge in [-0.1, -0.05) is 272 Å². The Bertz CT molecular complexity index is 5000. The van der Waals surface area contributed by atoms with Crippen LogP contribution in [0.15, 0.2) is 288 Å². The fourth-order valence-corrected chi connectivity index (χ4v) is 13.9. The molecule has 0 unspecified atom stereocenters. The van der Waals surface area contributed by atoms with Gasteiger partial charge in [-0.2, -0.15) is 0 Å². The van der Waals surface area contributed by atoms with Gasteiger partial charge in [0.15, 0.2) is 11.2 Å². The van der Waals surface area contributed by atoms with Crippen LogP contribution in [0.4, 0.5) is 34.1 Å². The van der Waals surface area contributed by atoms with E-state index in [0.29, 0.717) is 0 Å². The van der Waals surface area contributed by atoms with Gasteiger partial charge in [0.1, 0.15) is 11.2 Å². The molecule has 0 saturated heterocycles. The number of para-hydroxylation sites is 4. The number of benzene rings is 14. The van der Waals surface area contributed by atoms with E-state index in [0.717, 1.165) is 144 Å². The first-order chi connectivity index (χ1) is 42.9. The first-order valence-corrected chi connectivity index (χ1v) is 30.6. The molecule has 0 bridgehead atoms. The van der Waals surface area contributed by atoms with Crippen LogP contribution >= 0.6 is 0 Å². The number of furan rings is 2. The molecular weight excluding hydrogens is 1070 g/mol. The zero-order valence-electron chi connectivity index (χ0n) is 50.3. The Balaban J connectivity index is 0.990. The van der Waals surface area contributed by atoms with Crippen LogP contribution in [0.25, 0.3) is 121 Å². The predicted molar refractivity (Wildman–Crippen MR) is 373 cm³/mol. The summed E-state index contributed by atoms with van der Waals surface area (Å²) < 4.78 is 14.7. The van der Waals surface area contributed by atoms with Crippen molar-refractivity contribution in [3.63, 3.8) is 0 Å². The number of nitrogens with zero attached hydrogens (tertiary/aromatic N) is 2. The molecule has 0 N–H and O–H groups in total. The molecule has 0 saturated carbocycles. The number of hydrogen-bond donors (Lipinski definition) is 0. The van der Waals surface area contributed by atoms with Crippen LogP contribution in [0.1, 0.15) is 52.7 Å². The molecule has 16 aromatic rings. The van der Waals surface area contributed by atoms with Crippen molar-refractivity contribution in [2.75, 3.05) is 9.80 Å². The van der Waals surface area contributed by atoms with Crippen molar-refractivity contribution in [1.29, 1.82) is 0 Å². The summed E-state index contributed by atoms with van der Waals surface area (Å²) in [5.74, 6) is 0. The first kappa shape index (κ1) is 52.8. The Kier molecular flexibility index (Phi) is 12.3. The lowest BCUT2D eigenvalue weighted by atomic mass is 9.86. The Labute approximate surface area is 513 Å². The Morgan fingerprint density at radius 3 is 0.943 bits per heavy atom. The van der Waals surface area contributed by atoms with Gasteiger partial charge in [0, 0.05) is 54.6 Å². The molecule has 4 heteroatoms. The summed E-state index contributed by atoms with van der Waals surface area (Å²) in [6.45, 7) is 13.6. The smallest absolute Gasteiger partial charge is 0.159 e. The fourth-order valence-electron chi connectivity index (χ4n) is 13.9. The molecule has 0 aliphatic rings. The maximum Gasteiger partial charge on any atom is 0.159 e. The second-order valence-electron chi connectivity index (χ2n) is 25.6. The topological polar surface area (TPSA) is 32.8 Å². The third kappa shape index (κ3) is 8.65. The van der Waals surface area contributed by atoms with Gasteiger partial charge >= 0.3 is 0 Å². The van der Waals surface area contributed by atoms with Crippen LogP contribution in [-0.2, 0) is 10.8 Å². The van der Waals surface area contributed by atoms with Crippen LogP contribution in [0.2, 0.25) is 0 Å². The largest absolute Gasteiger partial charge is 0.454 e. The normalized spacial score (nSPS) is 12.2. The standard InChI is InChI=1S/C84H64N2O2/c1-83(2,3)69-35-19-31-61-63-33-21-37-75(81(63)87-79(61)69)85(73-49-43-59(53-23-11-7-12-24-53)51-67(73)55-27-15-9-16-28-55)71-47-41-57-40-46-66-72(48-42-58-39-45-65(71)77(57)78(58)66)86(76-38-22-34-64-62-32-20-36-70(84(4,5)6)80(62)88-82(64)76)74-50-44-60(54-25-13-8-14-26-54)52-68(74)56-29-17-10-18-30-56/h7-52H,1-6H3. The van der Waals surface area contributed by atoms with Gasteiger partial charge in [0.05, 0.1) is 34.1 Å². The van der Waals surface area contributed by atoms with Gasteiger partial charge in [0.25, 0.3) is 0 Å². The monoisotopic (exact) mass is 1130 g/mol. The molecule has 14 aromatic carbocycles. The van der Waals surface area contributed by atoms with E-state index in [4.69, 9.17) is 8.83 Å². The fraction of sp³-hybridized carbons (Fsp3) is 0.0952. The maximum absolute atomic E-state index is 7.35. The average Bonchev–Trinajstić information content (AvgIpc) is 1.06. The van der Waals surface area contributed by atoms with Gasteiger partial charge in [-0.05, 0) is 114 Å². The summed E-state index contributed by atoms with van der Waals surface area (Å²) in [5.41, 5.74) is 20.7. The SMILES string of the molecule is CC(C)(C)c1cccc2c1oc1c(N(c3ccc(-c4ccccc4)cc3-c3ccccc3)c3ccc4ccc5c(N(c6ccc(-c7ccccc7)cc6-c6ccccc6)c6cccc7c6oc6c(C(C)(C)C)cccc67)ccc6ccc3c4c65)cccc12. The molecule has 2 aromatic heterocycles. The highest BCUT2D eigenvalue weighted by atomic mass is 16.3. The summed E-state index contributed by atoms with van der Waals surface area (Å²) in [6.07, 6.45) is 0. The molecule has 0 amide bonds. The molecule has 4 nitrogen and oxygen atoms in total. The van der Waals surface area contributed by atoms with E-state index >= 15 is 0 Å². The van der Waals surface area contributed by atoms with E-state index in [1.807, 2.05) is 0 Å². The molecular formula is C84H64N2O2. The second-order valence-corrected chi connectivity index (χ2v) is 25.6. The molecule has 0 radical (unpaired) electrons. The molecule has 0 fully saturated rings. The second kappa shape index (κ2) is 20.5. The van der Waals surface area contributed by atoms with E-state index in [-0.39, 0.29) is 10.8 Å². The Hall–Kier alpha value is -10.7. The summed E-state index contributed by atoms with van der Waals surface area (Å²) in [5, 5.41) is 11.3. The average molecular weight is 1130 g/mol. The van der Waals surface area contributed by atoms with Gasteiger partial charge < -0.3 is 18.6 Å². The molecule has 16 rings (SSSR count). The van der Waals surface area contributed by atoms with Crippen molar-refractivity contribution in [2.45, 2.75) is 52.4 Å². The first-order valence-electron chi connectivity index (χ1n) is 30.6. The summed E-state index contributed by atoms with van der Waals surface area (Å²) in [4.78, 5) is 4.96. The van der Waals surface area contributed by atoms with E-state index in [9.17, 15) is 0 Å². The van der Waals surface area contributed by atoms with Crippen LogP contribution in [0.5, 0.6) is 0 Å². The molecule has 88 heavy (non-hydrogen) atoms. The third-order valence-corrected chi connectivity index (χ3v) is 18.1. The lowest BCUT2D eigenvalue weighted by Gasteiger charge is -2.31.